The number of aromatic nitrogens is 3. The maximum atomic E-state index is 13.2. The Kier molecular flexibility index (Phi) is 6.23. The molecule has 0 spiro atoms. The summed E-state index contributed by atoms with van der Waals surface area (Å²) >= 11 is 0. The van der Waals surface area contributed by atoms with Crippen molar-refractivity contribution in [3.63, 3.8) is 0 Å². The first kappa shape index (κ1) is 20.3. The molecule has 1 fully saturated rings. The minimum absolute atomic E-state index is 0.0970. The summed E-state index contributed by atoms with van der Waals surface area (Å²) in [7, 11) is 4.01. The highest BCUT2D eigenvalue weighted by Gasteiger charge is 2.28. The van der Waals surface area contributed by atoms with E-state index in [-0.39, 0.29) is 17.8 Å². The van der Waals surface area contributed by atoms with Gasteiger partial charge in [0.2, 0.25) is 5.82 Å². The van der Waals surface area contributed by atoms with E-state index in [2.05, 4.69) is 34.2 Å². The normalized spacial score (nSPS) is 15.3. The maximum absolute atomic E-state index is 13.2. The van der Waals surface area contributed by atoms with Crippen LogP contribution in [0.4, 0.5) is 0 Å². The summed E-state index contributed by atoms with van der Waals surface area (Å²) in [6.07, 6.45) is 3.54. The van der Waals surface area contributed by atoms with Crippen molar-refractivity contribution in [1.82, 2.24) is 24.6 Å². The number of amides is 1. The molecule has 30 heavy (non-hydrogen) atoms. The molecule has 0 bridgehead atoms. The first-order valence-electron chi connectivity index (χ1n) is 10.6. The van der Waals surface area contributed by atoms with Gasteiger partial charge in [0.15, 0.2) is 0 Å². The predicted octanol–water partition coefficient (Wildman–Crippen LogP) is 3.22. The predicted molar refractivity (Wildman–Crippen MR) is 118 cm³/mol. The lowest BCUT2D eigenvalue weighted by Gasteiger charge is -2.34. The summed E-state index contributed by atoms with van der Waals surface area (Å²) in [4.78, 5) is 22.0. The third-order valence-corrected chi connectivity index (χ3v) is 5.90. The molecule has 0 unspecified atom stereocenters. The minimum atomic E-state index is -0.0970. The molecule has 6 heteroatoms. The highest BCUT2D eigenvalue weighted by Crippen LogP contribution is 2.18. The number of rotatable bonds is 6. The number of hydrogen-bond acceptors (Lipinski definition) is 4. The summed E-state index contributed by atoms with van der Waals surface area (Å²) in [5.41, 5.74) is 2.17. The van der Waals surface area contributed by atoms with Crippen LogP contribution in [-0.4, -0.2) is 63.7 Å². The number of likely N-dealkylation sites (tertiary alicyclic amines) is 1. The lowest BCUT2D eigenvalue weighted by Crippen LogP contribution is -2.44. The molecule has 2 heterocycles. The molecule has 1 saturated heterocycles. The Morgan fingerprint density at radius 3 is 2.30 bits per heavy atom. The van der Waals surface area contributed by atoms with E-state index in [0.29, 0.717) is 0 Å². The number of piperidine rings is 1. The topological polar surface area (TPSA) is 54.3 Å². The van der Waals surface area contributed by atoms with Crippen LogP contribution in [0.3, 0.4) is 0 Å². The Bertz CT molecular complexity index is 962. The first-order valence-corrected chi connectivity index (χ1v) is 10.6. The lowest BCUT2D eigenvalue weighted by molar-refractivity contribution is 0.0647. The SMILES string of the molecule is CN1CCC(N(C)C(=O)c2nc(CCc3ccccc3)n(-c3ccccc3)n2)CC1. The standard InChI is InChI=1S/C24H29N5O/c1-27-17-15-20(16-18-27)28(2)24(30)23-25-22(14-13-19-9-5-3-6-10-19)29(26-23)21-11-7-4-8-12-21/h3-12,20H,13-18H2,1-2H3. The van der Waals surface area contributed by atoms with Crippen LogP contribution in [0.15, 0.2) is 60.7 Å². The number of carbonyl (C=O) groups excluding carboxylic acids is 1. The van der Waals surface area contributed by atoms with E-state index in [1.807, 2.05) is 65.2 Å². The number of hydrogen-bond donors (Lipinski definition) is 0. The summed E-state index contributed by atoms with van der Waals surface area (Å²) in [5.74, 6) is 0.994. The molecule has 156 valence electrons. The van der Waals surface area contributed by atoms with Gasteiger partial charge in [-0.25, -0.2) is 9.67 Å². The van der Waals surface area contributed by atoms with Gasteiger partial charge in [-0.3, -0.25) is 4.79 Å². The molecule has 1 aliphatic heterocycles. The van der Waals surface area contributed by atoms with Crippen molar-refractivity contribution >= 4 is 5.91 Å². The largest absolute Gasteiger partial charge is 0.336 e. The van der Waals surface area contributed by atoms with Gasteiger partial charge in [-0.05, 0) is 57.1 Å². The molecule has 4 rings (SSSR count). The fourth-order valence-electron chi connectivity index (χ4n) is 3.98. The smallest absolute Gasteiger partial charge is 0.293 e. The van der Waals surface area contributed by atoms with Crippen molar-refractivity contribution < 1.29 is 4.79 Å². The third kappa shape index (κ3) is 4.60. The molecule has 0 saturated carbocycles. The van der Waals surface area contributed by atoms with Gasteiger partial charge in [0.05, 0.1) is 5.69 Å². The van der Waals surface area contributed by atoms with Crippen molar-refractivity contribution in [3.8, 4) is 5.69 Å². The molecule has 3 aromatic rings. The Morgan fingerprint density at radius 1 is 1.00 bits per heavy atom. The molecule has 6 nitrogen and oxygen atoms in total. The Labute approximate surface area is 178 Å². The molecular weight excluding hydrogens is 374 g/mol. The second-order valence-corrected chi connectivity index (χ2v) is 8.04. The highest BCUT2D eigenvalue weighted by molar-refractivity contribution is 5.90. The van der Waals surface area contributed by atoms with Crippen LogP contribution in [0.25, 0.3) is 5.69 Å². The monoisotopic (exact) mass is 403 g/mol. The number of nitrogens with zero attached hydrogens (tertiary/aromatic N) is 5. The van der Waals surface area contributed by atoms with Crippen molar-refractivity contribution in [2.24, 2.45) is 0 Å². The van der Waals surface area contributed by atoms with Crippen LogP contribution < -0.4 is 0 Å². The third-order valence-electron chi connectivity index (χ3n) is 5.90. The van der Waals surface area contributed by atoms with E-state index in [9.17, 15) is 4.79 Å². The van der Waals surface area contributed by atoms with Crippen LogP contribution in [-0.2, 0) is 12.8 Å². The van der Waals surface area contributed by atoms with Gasteiger partial charge < -0.3 is 9.80 Å². The van der Waals surface area contributed by atoms with Gasteiger partial charge in [0.1, 0.15) is 5.82 Å². The summed E-state index contributed by atoms with van der Waals surface area (Å²) in [6.45, 7) is 2.02. The quantitative estimate of drug-likeness (QED) is 0.634. The van der Waals surface area contributed by atoms with Crippen LogP contribution in [0, 0.1) is 0 Å². The Balaban J connectivity index is 1.57. The molecule has 0 atom stereocenters. The van der Waals surface area contributed by atoms with Crippen LogP contribution in [0.2, 0.25) is 0 Å². The van der Waals surface area contributed by atoms with Crippen molar-refractivity contribution in [2.45, 2.75) is 31.7 Å². The minimum Gasteiger partial charge on any atom is -0.336 e. The van der Waals surface area contributed by atoms with E-state index < -0.39 is 0 Å². The molecule has 2 aromatic carbocycles. The summed E-state index contributed by atoms with van der Waals surface area (Å²) in [6, 6.07) is 20.5. The number of carbonyl (C=O) groups is 1. The van der Waals surface area contributed by atoms with Gasteiger partial charge in [-0.2, -0.15) is 0 Å². The fourth-order valence-corrected chi connectivity index (χ4v) is 3.98. The molecule has 0 N–H and O–H groups in total. The molecule has 1 amide bonds. The van der Waals surface area contributed by atoms with Gasteiger partial charge in [-0.1, -0.05) is 48.5 Å². The molecular formula is C24H29N5O. The van der Waals surface area contributed by atoms with E-state index in [0.717, 1.165) is 50.3 Å². The van der Waals surface area contributed by atoms with Gasteiger partial charge >= 0.3 is 0 Å². The van der Waals surface area contributed by atoms with E-state index in [1.165, 1.54) is 5.56 Å². The number of para-hydroxylation sites is 1. The second kappa shape index (κ2) is 9.22. The molecule has 0 aliphatic carbocycles. The van der Waals surface area contributed by atoms with Gasteiger partial charge in [-0.15, -0.1) is 5.10 Å². The van der Waals surface area contributed by atoms with Crippen LogP contribution >= 0.6 is 0 Å². The summed E-state index contributed by atoms with van der Waals surface area (Å²) < 4.78 is 1.82. The number of aryl methyl sites for hydroxylation is 2. The van der Waals surface area contributed by atoms with Crippen LogP contribution in [0.5, 0.6) is 0 Å². The molecule has 0 radical (unpaired) electrons. The van der Waals surface area contributed by atoms with Gasteiger partial charge in [0, 0.05) is 19.5 Å². The first-order chi connectivity index (χ1) is 14.6. The average Bonchev–Trinajstić information content (AvgIpc) is 3.23. The highest BCUT2D eigenvalue weighted by atomic mass is 16.2. The lowest BCUT2D eigenvalue weighted by atomic mass is 10.0. The summed E-state index contributed by atoms with van der Waals surface area (Å²) in [5, 5.41) is 4.63. The van der Waals surface area contributed by atoms with Crippen molar-refractivity contribution in [1.29, 1.82) is 0 Å². The van der Waals surface area contributed by atoms with Crippen LogP contribution in [0.1, 0.15) is 34.8 Å². The zero-order valence-corrected chi connectivity index (χ0v) is 17.7. The van der Waals surface area contributed by atoms with Crippen molar-refractivity contribution in [3.05, 3.63) is 77.9 Å². The zero-order valence-electron chi connectivity index (χ0n) is 17.7. The maximum Gasteiger partial charge on any atom is 0.293 e. The number of benzene rings is 2. The van der Waals surface area contributed by atoms with Crippen molar-refractivity contribution in [2.75, 3.05) is 27.2 Å². The Hall–Kier alpha value is -2.99. The molecule has 1 aromatic heterocycles. The second-order valence-electron chi connectivity index (χ2n) is 8.04. The molecule has 1 aliphatic rings. The zero-order chi connectivity index (χ0) is 20.9. The van der Waals surface area contributed by atoms with E-state index in [4.69, 9.17) is 0 Å². The average molecular weight is 404 g/mol. The van der Waals surface area contributed by atoms with E-state index >= 15 is 0 Å². The van der Waals surface area contributed by atoms with Gasteiger partial charge in [0.25, 0.3) is 5.91 Å². The fraction of sp³-hybridized carbons (Fsp3) is 0.375. The Morgan fingerprint density at radius 2 is 1.63 bits per heavy atom. The van der Waals surface area contributed by atoms with E-state index in [1.54, 1.807) is 0 Å².